The third-order valence-electron chi connectivity index (χ3n) is 3.22. The van der Waals surface area contributed by atoms with Gasteiger partial charge in [-0.1, -0.05) is 23.4 Å². The van der Waals surface area contributed by atoms with Crippen LogP contribution in [0.5, 0.6) is 0 Å². The molecule has 2 heterocycles. The quantitative estimate of drug-likeness (QED) is 0.793. The van der Waals surface area contributed by atoms with Crippen molar-refractivity contribution in [1.82, 2.24) is 20.0 Å². The molecule has 0 amide bonds. The molecule has 2 aromatic heterocycles. The summed E-state index contributed by atoms with van der Waals surface area (Å²) in [4.78, 5) is 15.1. The number of nitrogens with zero attached hydrogens (tertiary/aromatic N) is 4. The molecule has 1 aromatic carbocycles. The molecular formula is C15H14N4O2. The monoisotopic (exact) mass is 282 g/mol. The number of fused-ring (bicyclic) bond motifs is 1. The highest BCUT2D eigenvalue weighted by Crippen LogP contribution is 2.20. The van der Waals surface area contributed by atoms with Crippen molar-refractivity contribution in [2.24, 2.45) is 0 Å². The van der Waals surface area contributed by atoms with Crippen LogP contribution in [0.2, 0.25) is 0 Å². The fraction of sp³-hybridized carbons (Fsp3) is 0.200. The molecule has 0 saturated heterocycles. The normalized spacial score (nSPS) is 10.9. The van der Waals surface area contributed by atoms with Crippen LogP contribution in [0.15, 0.2) is 36.5 Å². The number of hydrogen-bond donors (Lipinski definition) is 1. The molecule has 0 aliphatic rings. The fourth-order valence-corrected chi connectivity index (χ4v) is 2.18. The topological polar surface area (TPSA) is 80.9 Å². The summed E-state index contributed by atoms with van der Waals surface area (Å²) in [7, 11) is 0. The highest BCUT2D eigenvalue weighted by atomic mass is 16.4. The summed E-state index contributed by atoms with van der Waals surface area (Å²) >= 11 is 0. The van der Waals surface area contributed by atoms with Crippen molar-refractivity contribution in [3.05, 3.63) is 47.9 Å². The number of aliphatic carboxylic acids is 1. The van der Waals surface area contributed by atoms with Crippen molar-refractivity contribution in [2.45, 2.75) is 19.8 Å². The van der Waals surface area contributed by atoms with Crippen LogP contribution >= 0.6 is 0 Å². The third kappa shape index (κ3) is 2.74. The summed E-state index contributed by atoms with van der Waals surface area (Å²) < 4.78 is 1.64. The number of aromatic nitrogens is 4. The zero-order valence-electron chi connectivity index (χ0n) is 11.5. The van der Waals surface area contributed by atoms with E-state index in [4.69, 9.17) is 5.11 Å². The van der Waals surface area contributed by atoms with Gasteiger partial charge in [-0.25, -0.2) is 4.68 Å². The van der Waals surface area contributed by atoms with E-state index in [0.717, 1.165) is 22.3 Å². The molecule has 0 unspecified atom stereocenters. The Kier molecular flexibility index (Phi) is 3.35. The van der Waals surface area contributed by atoms with Crippen molar-refractivity contribution in [2.75, 3.05) is 0 Å². The Hall–Kier alpha value is -2.76. The Morgan fingerprint density at radius 2 is 2.14 bits per heavy atom. The number of pyridine rings is 1. The Bertz CT molecular complexity index is 810. The zero-order valence-corrected chi connectivity index (χ0v) is 11.5. The first kappa shape index (κ1) is 13.2. The maximum absolute atomic E-state index is 10.6. The second-order valence-electron chi connectivity index (χ2n) is 4.85. The minimum atomic E-state index is -0.841. The van der Waals surface area contributed by atoms with Crippen molar-refractivity contribution >= 4 is 16.9 Å². The summed E-state index contributed by atoms with van der Waals surface area (Å²) in [6.07, 6.45) is 2.17. The van der Waals surface area contributed by atoms with Crippen molar-refractivity contribution in [1.29, 1.82) is 0 Å². The number of hydrogen-bond acceptors (Lipinski definition) is 4. The first-order chi connectivity index (χ1) is 10.1. The third-order valence-corrected chi connectivity index (χ3v) is 3.22. The lowest BCUT2D eigenvalue weighted by molar-refractivity contribution is -0.136. The maximum atomic E-state index is 10.6. The minimum Gasteiger partial charge on any atom is -0.481 e. The first-order valence-electron chi connectivity index (χ1n) is 6.63. The van der Waals surface area contributed by atoms with Crippen LogP contribution in [0.1, 0.15) is 17.8 Å². The van der Waals surface area contributed by atoms with E-state index >= 15 is 0 Å². The molecule has 3 aromatic rings. The number of para-hydroxylation sites is 1. The predicted octanol–water partition coefficient (Wildman–Crippen LogP) is 2.14. The number of aryl methyl sites for hydroxylation is 2. The Labute approximate surface area is 121 Å². The Morgan fingerprint density at radius 1 is 1.29 bits per heavy atom. The molecular weight excluding hydrogens is 268 g/mol. The lowest BCUT2D eigenvalue weighted by Crippen LogP contribution is -1.98. The molecule has 0 radical (unpaired) electrons. The standard InChI is InChI=1S/C15H14N4O2/c1-10-5-6-11-3-2-4-13(15(11)16-10)19-9-12(17-18-19)7-8-14(20)21/h2-6,9H,7-8H2,1H3,(H,20,21). The van der Waals surface area contributed by atoms with Crippen LogP contribution in [0.3, 0.4) is 0 Å². The average molecular weight is 282 g/mol. The van der Waals surface area contributed by atoms with Crippen molar-refractivity contribution < 1.29 is 9.90 Å². The van der Waals surface area contributed by atoms with Crippen LogP contribution in [-0.2, 0) is 11.2 Å². The van der Waals surface area contributed by atoms with Crippen molar-refractivity contribution in [3.63, 3.8) is 0 Å². The minimum absolute atomic E-state index is 0.0472. The highest BCUT2D eigenvalue weighted by Gasteiger charge is 2.09. The van der Waals surface area contributed by atoms with E-state index in [-0.39, 0.29) is 6.42 Å². The molecule has 1 N–H and O–H groups in total. The van der Waals surface area contributed by atoms with Crippen LogP contribution in [0, 0.1) is 6.92 Å². The van der Waals surface area contributed by atoms with Gasteiger partial charge >= 0.3 is 5.97 Å². The van der Waals surface area contributed by atoms with Gasteiger partial charge < -0.3 is 5.11 Å². The fourth-order valence-electron chi connectivity index (χ4n) is 2.18. The van der Waals surface area contributed by atoms with E-state index in [1.807, 2.05) is 37.3 Å². The van der Waals surface area contributed by atoms with Gasteiger partial charge in [-0.05, 0) is 19.1 Å². The number of rotatable bonds is 4. The smallest absolute Gasteiger partial charge is 0.303 e. The highest BCUT2D eigenvalue weighted by molar-refractivity contribution is 5.86. The molecule has 0 spiro atoms. The summed E-state index contributed by atoms with van der Waals surface area (Å²) in [5.41, 5.74) is 3.28. The molecule has 6 nitrogen and oxygen atoms in total. The second kappa shape index (κ2) is 5.32. The lowest BCUT2D eigenvalue weighted by Gasteiger charge is -2.05. The second-order valence-corrected chi connectivity index (χ2v) is 4.85. The SMILES string of the molecule is Cc1ccc2cccc(-n3cc(CCC(=O)O)nn3)c2n1. The molecule has 0 saturated carbocycles. The molecule has 0 atom stereocenters. The molecule has 0 fully saturated rings. The molecule has 21 heavy (non-hydrogen) atoms. The van der Waals surface area contributed by atoms with Crippen molar-refractivity contribution in [3.8, 4) is 5.69 Å². The van der Waals surface area contributed by atoms with Crippen LogP contribution in [0.25, 0.3) is 16.6 Å². The average Bonchev–Trinajstić information content (AvgIpc) is 2.93. The van der Waals surface area contributed by atoms with Gasteiger partial charge in [0, 0.05) is 17.5 Å². The molecule has 6 heteroatoms. The van der Waals surface area contributed by atoms with Gasteiger partial charge in [0.25, 0.3) is 0 Å². The van der Waals surface area contributed by atoms with Crippen LogP contribution in [-0.4, -0.2) is 31.1 Å². The Morgan fingerprint density at radius 3 is 2.95 bits per heavy atom. The predicted molar refractivity (Wildman–Crippen MR) is 77.4 cm³/mol. The van der Waals surface area contributed by atoms with Gasteiger partial charge in [-0.2, -0.15) is 0 Å². The largest absolute Gasteiger partial charge is 0.481 e. The Balaban J connectivity index is 2.00. The number of carbonyl (C=O) groups is 1. The van der Waals surface area contributed by atoms with Crippen LogP contribution < -0.4 is 0 Å². The summed E-state index contributed by atoms with van der Waals surface area (Å²) in [5.74, 6) is -0.841. The van der Waals surface area contributed by atoms with Gasteiger partial charge in [0.15, 0.2) is 0 Å². The summed E-state index contributed by atoms with van der Waals surface area (Å²) in [5, 5.41) is 17.8. The maximum Gasteiger partial charge on any atom is 0.303 e. The lowest BCUT2D eigenvalue weighted by atomic mass is 10.2. The van der Waals surface area contributed by atoms with E-state index in [9.17, 15) is 4.79 Å². The molecule has 106 valence electrons. The van der Waals surface area contributed by atoms with Gasteiger partial charge in [-0.3, -0.25) is 9.78 Å². The van der Waals surface area contributed by atoms with E-state index < -0.39 is 5.97 Å². The van der Waals surface area contributed by atoms with Crippen LogP contribution in [0.4, 0.5) is 0 Å². The molecule has 0 bridgehead atoms. The van der Waals surface area contributed by atoms with E-state index in [1.165, 1.54) is 0 Å². The molecule has 3 rings (SSSR count). The van der Waals surface area contributed by atoms with E-state index in [1.54, 1.807) is 10.9 Å². The summed E-state index contributed by atoms with van der Waals surface area (Å²) in [6, 6.07) is 9.83. The van der Waals surface area contributed by atoms with Gasteiger partial charge in [-0.15, -0.1) is 5.10 Å². The summed E-state index contributed by atoms with van der Waals surface area (Å²) in [6.45, 7) is 1.94. The van der Waals surface area contributed by atoms with E-state index in [2.05, 4.69) is 15.3 Å². The number of carboxylic acids is 1. The molecule has 0 aliphatic carbocycles. The molecule has 0 aliphatic heterocycles. The van der Waals surface area contributed by atoms with Gasteiger partial charge in [0.2, 0.25) is 0 Å². The van der Waals surface area contributed by atoms with Gasteiger partial charge in [0.05, 0.1) is 29.5 Å². The number of benzene rings is 1. The number of carboxylic acid groups (broad SMARTS) is 1. The van der Waals surface area contributed by atoms with Gasteiger partial charge in [0.1, 0.15) is 0 Å². The first-order valence-corrected chi connectivity index (χ1v) is 6.63. The van der Waals surface area contributed by atoms with E-state index in [0.29, 0.717) is 12.1 Å². The zero-order chi connectivity index (χ0) is 14.8.